The van der Waals surface area contributed by atoms with E-state index in [0.717, 1.165) is 11.1 Å². The molecule has 0 saturated heterocycles. The van der Waals surface area contributed by atoms with Crippen LogP contribution in [0.5, 0.6) is 5.75 Å². The smallest absolute Gasteiger partial charge is 0.251 e. The number of hydrogen-bond donors (Lipinski definition) is 2. The zero-order chi connectivity index (χ0) is 19.2. The molecule has 140 valence electrons. The fraction of sp³-hybridized carbons (Fsp3) is 0.238. The summed E-state index contributed by atoms with van der Waals surface area (Å²) in [6.45, 7) is 3.98. The molecule has 2 aromatic carbocycles. The van der Waals surface area contributed by atoms with Crippen LogP contribution in [0, 0.1) is 6.92 Å². The van der Waals surface area contributed by atoms with Gasteiger partial charge in [-0.1, -0.05) is 30.3 Å². The number of aliphatic hydroxyl groups is 1. The number of nitrogens with one attached hydrogen (secondary N) is 1. The van der Waals surface area contributed by atoms with Crippen LogP contribution in [0.1, 0.15) is 28.7 Å². The standard InChI is InChI=1S/C21H22N2O4/c1-14-6-3-4-9-18(14)19-12-22-20(27-19)13-26-17-8-5-7-16(10-17)21(25)23-11-15(2)24/h3-10,12,15,24H,11,13H2,1-2H3,(H,23,25). The summed E-state index contributed by atoms with van der Waals surface area (Å²) >= 11 is 0. The predicted molar refractivity (Wildman–Crippen MR) is 101 cm³/mol. The highest BCUT2D eigenvalue weighted by molar-refractivity contribution is 5.94. The summed E-state index contributed by atoms with van der Waals surface area (Å²) in [6.07, 6.45) is 1.09. The topological polar surface area (TPSA) is 84.6 Å². The molecule has 0 saturated carbocycles. The van der Waals surface area contributed by atoms with Crippen LogP contribution < -0.4 is 10.1 Å². The van der Waals surface area contributed by atoms with E-state index in [1.165, 1.54) is 0 Å². The van der Waals surface area contributed by atoms with E-state index in [0.29, 0.717) is 23.0 Å². The van der Waals surface area contributed by atoms with E-state index in [2.05, 4.69) is 10.3 Å². The number of oxazole rings is 1. The first kappa shape index (κ1) is 18.7. The van der Waals surface area contributed by atoms with Crippen molar-refractivity contribution in [1.29, 1.82) is 0 Å². The van der Waals surface area contributed by atoms with Gasteiger partial charge in [0.25, 0.3) is 5.91 Å². The second-order valence-electron chi connectivity index (χ2n) is 6.31. The Morgan fingerprint density at radius 2 is 2.07 bits per heavy atom. The van der Waals surface area contributed by atoms with Crippen molar-refractivity contribution in [2.24, 2.45) is 0 Å². The normalized spacial score (nSPS) is 11.8. The predicted octanol–water partition coefficient (Wildman–Crippen LogP) is 3.34. The average molecular weight is 366 g/mol. The summed E-state index contributed by atoms with van der Waals surface area (Å²) in [5.74, 6) is 1.42. The van der Waals surface area contributed by atoms with Gasteiger partial charge >= 0.3 is 0 Å². The van der Waals surface area contributed by atoms with Gasteiger partial charge in [0.1, 0.15) is 5.75 Å². The minimum absolute atomic E-state index is 0.157. The highest BCUT2D eigenvalue weighted by Crippen LogP contribution is 2.24. The first-order valence-electron chi connectivity index (χ1n) is 8.73. The van der Waals surface area contributed by atoms with Crippen LogP contribution in [0.4, 0.5) is 0 Å². The minimum Gasteiger partial charge on any atom is -0.484 e. The van der Waals surface area contributed by atoms with Crippen molar-refractivity contribution in [3.63, 3.8) is 0 Å². The molecule has 0 aliphatic rings. The molecule has 0 aliphatic heterocycles. The van der Waals surface area contributed by atoms with E-state index < -0.39 is 6.10 Å². The van der Waals surface area contributed by atoms with Crippen LogP contribution in [0.3, 0.4) is 0 Å². The number of ether oxygens (including phenoxy) is 1. The Morgan fingerprint density at radius 3 is 2.85 bits per heavy atom. The Balaban J connectivity index is 1.63. The lowest BCUT2D eigenvalue weighted by Crippen LogP contribution is -2.30. The van der Waals surface area contributed by atoms with Crippen LogP contribution in [0.25, 0.3) is 11.3 Å². The van der Waals surface area contributed by atoms with Gasteiger partial charge in [-0.25, -0.2) is 4.98 Å². The molecule has 6 nitrogen and oxygen atoms in total. The molecule has 1 heterocycles. The molecule has 3 rings (SSSR count). The quantitative estimate of drug-likeness (QED) is 0.670. The highest BCUT2D eigenvalue weighted by Gasteiger charge is 2.11. The fourth-order valence-electron chi connectivity index (χ4n) is 2.57. The van der Waals surface area contributed by atoms with Gasteiger partial charge in [0, 0.05) is 17.7 Å². The Labute approximate surface area is 157 Å². The van der Waals surface area contributed by atoms with Gasteiger partial charge in [-0.15, -0.1) is 0 Å². The molecule has 1 atom stereocenters. The van der Waals surface area contributed by atoms with E-state index in [1.54, 1.807) is 37.4 Å². The summed E-state index contributed by atoms with van der Waals surface area (Å²) < 4.78 is 11.5. The molecule has 0 bridgehead atoms. The highest BCUT2D eigenvalue weighted by atomic mass is 16.5. The number of aryl methyl sites for hydroxylation is 1. The van der Waals surface area contributed by atoms with Crippen LogP contribution in [0.15, 0.2) is 59.1 Å². The summed E-state index contributed by atoms with van der Waals surface area (Å²) in [7, 11) is 0. The summed E-state index contributed by atoms with van der Waals surface area (Å²) in [4.78, 5) is 16.3. The zero-order valence-electron chi connectivity index (χ0n) is 15.3. The van der Waals surface area contributed by atoms with E-state index in [9.17, 15) is 9.90 Å². The minimum atomic E-state index is -0.596. The molecule has 2 N–H and O–H groups in total. The van der Waals surface area contributed by atoms with Gasteiger partial charge in [-0.3, -0.25) is 4.79 Å². The number of amides is 1. The molecular weight excluding hydrogens is 344 g/mol. The SMILES string of the molecule is Cc1ccccc1-c1cnc(COc2cccc(C(=O)NCC(C)O)c2)o1. The van der Waals surface area contributed by atoms with Crippen LogP contribution >= 0.6 is 0 Å². The fourth-order valence-corrected chi connectivity index (χ4v) is 2.57. The number of carbonyl (C=O) groups is 1. The Bertz CT molecular complexity index is 918. The number of benzene rings is 2. The van der Waals surface area contributed by atoms with E-state index in [-0.39, 0.29) is 19.1 Å². The molecule has 1 aromatic heterocycles. The number of carbonyl (C=O) groups excluding carboxylic acids is 1. The van der Waals surface area contributed by atoms with E-state index in [1.807, 2.05) is 31.2 Å². The second kappa shape index (κ2) is 8.51. The van der Waals surface area contributed by atoms with Crippen molar-refractivity contribution in [1.82, 2.24) is 10.3 Å². The largest absolute Gasteiger partial charge is 0.484 e. The van der Waals surface area contributed by atoms with Crippen LogP contribution in [0.2, 0.25) is 0 Å². The Kier molecular flexibility index (Phi) is 5.88. The molecule has 6 heteroatoms. The lowest BCUT2D eigenvalue weighted by atomic mass is 10.1. The van der Waals surface area contributed by atoms with Crippen molar-refractivity contribution in [3.8, 4) is 17.1 Å². The number of aliphatic hydroxyl groups excluding tert-OH is 1. The van der Waals surface area contributed by atoms with Gasteiger partial charge in [0.2, 0.25) is 5.89 Å². The van der Waals surface area contributed by atoms with Gasteiger partial charge < -0.3 is 19.6 Å². The average Bonchev–Trinajstić information content (AvgIpc) is 3.14. The summed E-state index contributed by atoms with van der Waals surface area (Å²) in [6, 6.07) is 14.8. The maximum atomic E-state index is 12.1. The number of aromatic nitrogens is 1. The second-order valence-corrected chi connectivity index (χ2v) is 6.31. The van der Waals surface area contributed by atoms with Crippen LogP contribution in [-0.2, 0) is 6.61 Å². The monoisotopic (exact) mass is 366 g/mol. The van der Waals surface area contributed by atoms with Gasteiger partial charge in [-0.2, -0.15) is 0 Å². The van der Waals surface area contributed by atoms with Crippen LogP contribution in [-0.4, -0.2) is 28.6 Å². The molecule has 0 fully saturated rings. The van der Waals surface area contributed by atoms with Gasteiger partial charge in [-0.05, 0) is 37.6 Å². The molecule has 0 spiro atoms. The lowest BCUT2D eigenvalue weighted by molar-refractivity contribution is 0.0923. The summed E-state index contributed by atoms with van der Waals surface area (Å²) in [5.41, 5.74) is 2.56. The lowest BCUT2D eigenvalue weighted by Gasteiger charge is -2.09. The first-order valence-corrected chi connectivity index (χ1v) is 8.73. The van der Waals surface area contributed by atoms with Crippen molar-refractivity contribution < 1.29 is 19.1 Å². The zero-order valence-corrected chi connectivity index (χ0v) is 15.3. The third-order valence-corrected chi connectivity index (χ3v) is 3.98. The number of rotatable bonds is 7. The Hall–Kier alpha value is -3.12. The van der Waals surface area contributed by atoms with Crippen molar-refractivity contribution >= 4 is 5.91 Å². The molecular formula is C21H22N2O4. The van der Waals surface area contributed by atoms with Gasteiger partial charge in [0.15, 0.2) is 12.4 Å². The number of nitrogens with zero attached hydrogens (tertiary/aromatic N) is 1. The molecule has 3 aromatic rings. The van der Waals surface area contributed by atoms with Crippen molar-refractivity contribution in [3.05, 3.63) is 71.7 Å². The summed E-state index contributed by atoms with van der Waals surface area (Å²) in [5, 5.41) is 11.9. The number of hydrogen-bond acceptors (Lipinski definition) is 5. The third-order valence-electron chi connectivity index (χ3n) is 3.98. The third kappa shape index (κ3) is 4.95. The van der Waals surface area contributed by atoms with Crippen molar-refractivity contribution in [2.75, 3.05) is 6.54 Å². The maximum absolute atomic E-state index is 12.1. The molecule has 27 heavy (non-hydrogen) atoms. The van der Waals surface area contributed by atoms with E-state index >= 15 is 0 Å². The van der Waals surface area contributed by atoms with Crippen molar-refractivity contribution in [2.45, 2.75) is 26.6 Å². The molecule has 0 radical (unpaired) electrons. The first-order chi connectivity index (χ1) is 13.0. The molecule has 1 unspecified atom stereocenters. The van der Waals surface area contributed by atoms with E-state index in [4.69, 9.17) is 9.15 Å². The van der Waals surface area contributed by atoms with Gasteiger partial charge in [0.05, 0.1) is 12.3 Å². The Morgan fingerprint density at radius 1 is 1.26 bits per heavy atom. The molecule has 1 amide bonds. The maximum Gasteiger partial charge on any atom is 0.251 e. The molecule has 0 aliphatic carbocycles.